The van der Waals surface area contributed by atoms with Crippen molar-refractivity contribution in [2.45, 2.75) is 86.1 Å². The average molecular weight is 1180 g/mol. The van der Waals surface area contributed by atoms with Gasteiger partial charge in [0.15, 0.2) is 0 Å². The van der Waals surface area contributed by atoms with Crippen LogP contribution in [0.2, 0.25) is 0 Å². The van der Waals surface area contributed by atoms with Crippen LogP contribution in [0.5, 0.6) is 40.2 Å². The van der Waals surface area contributed by atoms with Crippen LogP contribution in [0.15, 0.2) is 84.9 Å². The van der Waals surface area contributed by atoms with E-state index < -0.39 is 0 Å². The predicted octanol–water partition coefficient (Wildman–Crippen LogP) is 16.4. The summed E-state index contributed by atoms with van der Waals surface area (Å²) >= 11 is 47.1. The molecule has 77 heavy (non-hydrogen) atoms. The van der Waals surface area contributed by atoms with Crippen LogP contribution >= 0.6 is 81.2 Å². The number of ether oxygens (including phenoxy) is 7. The van der Waals surface area contributed by atoms with Crippen LogP contribution in [-0.2, 0) is 86.1 Å². The Morgan fingerprint density at radius 3 is 0.364 bits per heavy atom. The third-order valence-electron chi connectivity index (χ3n) is 14.3. The van der Waals surface area contributed by atoms with Crippen LogP contribution in [-0.4, -0.2) is 49.8 Å². The third-order valence-corrected chi connectivity index (χ3v) is 16.5. The van der Waals surface area contributed by atoms with Crippen LogP contribution < -0.4 is 33.2 Å². The second kappa shape index (κ2) is 26.9. The largest absolute Gasteiger partial charge is 0.496 e. The van der Waals surface area contributed by atoms with Gasteiger partial charge in [0.2, 0.25) is 0 Å². The summed E-state index contributed by atoms with van der Waals surface area (Å²) < 4.78 is 44.6. The molecule has 0 saturated heterocycles. The fourth-order valence-corrected chi connectivity index (χ4v) is 12.5. The Kier molecular flexibility index (Phi) is 20.4. The molecule has 1 aliphatic rings. The fraction of sp³-hybridized carbons (Fsp3) is 0.333. The van der Waals surface area contributed by atoms with Gasteiger partial charge in [-0.25, -0.2) is 0 Å². The van der Waals surface area contributed by atoms with Crippen molar-refractivity contribution in [1.82, 2.24) is 0 Å². The Morgan fingerprint density at radius 2 is 0.299 bits per heavy atom. The second-order valence-electron chi connectivity index (χ2n) is 19.3. The zero-order chi connectivity index (χ0) is 54.9. The molecule has 406 valence electrons. The van der Waals surface area contributed by atoms with E-state index in [-0.39, 0.29) is 41.2 Å². The highest BCUT2D eigenvalue weighted by molar-refractivity contribution is 6.18. The maximum Gasteiger partial charge on any atom is 0.125 e. The molecular formula is C63H63Cl7O7. The molecule has 0 aromatic heterocycles. The Balaban J connectivity index is 1.42. The van der Waals surface area contributed by atoms with Crippen LogP contribution in [0, 0.1) is 0 Å². The number of halogens is 7. The topological polar surface area (TPSA) is 64.6 Å². The molecule has 7 aromatic rings. The molecule has 0 amide bonds. The van der Waals surface area contributed by atoms with Crippen LogP contribution in [0.4, 0.5) is 0 Å². The highest BCUT2D eigenvalue weighted by atomic mass is 35.5. The molecule has 0 radical (unpaired) electrons. The summed E-state index contributed by atoms with van der Waals surface area (Å²) in [6.45, 7) is 0. The first-order chi connectivity index (χ1) is 37.4. The number of hydrogen-bond donors (Lipinski definition) is 0. The van der Waals surface area contributed by atoms with Crippen molar-refractivity contribution in [3.63, 3.8) is 0 Å². The monoisotopic (exact) mass is 1180 g/mol. The van der Waals surface area contributed by atoms with Crippen molar-refractivity contribution >= 4 is 81.2 Å². The van der Waals surface area contributed by atoms with E-state index >= 15 is 0 Å². The molecule has 8 rings (SSSR count). The predicted molar refractivity (Wildman–Crippen MR) is 317 cm³/mol. The molecule has 14 bridgehead atoms. The molecular weight excluding hydrogens is 1120 g/mol. The maximum atomic E-state index is 6.73. The summed E-state index contributed by atoms with van der Waals surface area (Å²) in [5.74, 6) is 7.04. The van der Waals surface area contributed by atoms with Crippen molar-refractivity contribution in [3.8, 4) is 40.2 Å². The maximum absolute atomic E-state index is 6.73. The fourth-order valence-electron chi connectivity index (χ4n) is 11.4. The average Bonchev–Trinajstić information content (AvgIpc) is 3.44. The van der Waals surface area contributed by atoms with E-state index in [0.29, 0.717) is 44.9 Å². The first-order valence-electron chi connectivity index (χ1n) is 25.2. The number of benzene rings is 7. The van der Waals surface area contributed by atoms with Crippen molar-refractivity contribution in [3.05, 3.63) is 202 Å². The molecule has 0 aliphatic heterocycles. The zero-order valence-corrected chi connectivity index (χ0v) is 49.8. The summed E-state index contributed by atoms with van der Waals surface area (Å²) in [6.07, 6.45) is 3.19. The van der Waals surface area contributed by atoms with E-state index in [9.17, 15) is 0 Å². The van der Waals surface area contributed by atoms with Gasteiger partial charge < -0.3 is 33.2 Å². The van der Waals surface area contributed by atoms with Crippen molar-refractivity contribution in [1.29, 1.82) is 0 Å². The molecule has 0 saturated carbocycles. The van der Waals surface area contributed by atoms with Gasteiger partial charge in [-0.15, -0.1) is 81.2 Å². The first-order valence-corrected chi connectivity index (χ1v) is 28.9. The minimum absolute atomic E-state index is 0.281. The Morgan fingerprint density at radius 1 is 0.208 bits per heavy atom. The Bertz CT molecular complexity index is 2500. The van der Waals surface area contributed by atoms with E-state index in [1.165, 1.54) is 0 Å². The third kappa shape index (κ3) is 12.8. The molecule has 7 aromatic carbocycles. The van der Waals surface area contributed by atoms with Gasteiger partial charge in [0, 0.05) is 86.1 Å². The van der Waals surface area contributed by atoms with Gasteiger partial charge in [-0.2, -0.15) is 0 Å². The quantitative estimate of drug-likeness (QED) is 0.101. The SMILES string of the molecule is COc1c2cc(CCl)cc1Cc1cc(CCl)cc(c1OC)Cc1cc(CCl)cc(c1OC)Cc1cc(CCl)cc(c1OC)Cc1cc(CCl)cc(c1OC)Cc1cc(CCl)cc(c1OC)Cc1cc(CCl)cc(c1OC)C2. The summed E-state index contributed by atoms with van der Waals surface area (Å²) in [5, 5.41) is 0. The number of fused-ring (bicyclic) bond motifs is 14. The molecule has 0 heterocycles. The lowest BCUT2D eigenvalue weighted by molar-refractivity contribution is 0.395. The standard InChI is InChI=1S/C63H63Cl7O7/c1-71-57-43-8-36(29-64)9-44(57)23-46-11-38(31-66)13-48(59(46)73-3)25-50-15-40(33-68)17-52(61(50)75-5)27-54-19-42(35-70)21-56(63(54)77-7)28-55-20-41(34-69)18-53(62(55)76-6)26-51-16-39(32-67)14-49(60(51)74-4)24-47-12-37(30-65)10-45(22-43)58(47)72-2/h8-21H,22-35H2,1-7H3. The highest BCUT2D eigenvalue weighted by Crippen LogP contribution is 2.43. The van der Waals surface area contributed by atoms with E-state index in [2.05, 4.69) is 84.9 Å². The molecule has 1 aliphatic carbocycles. The van der Waals surface area contributed by atoms with E-state index in [1.54, 1.807) is 49.8 Å². The van der Waals surface area contributed by atoms with Gasteiger partial charge >= 0.3 is 0 Å². The van der Waals surface area contributed by atoms with Crippen molar-refractivity contribution in [2.24, 2.45) is 0 Å². The molecule has 0 unspecified atom stereocenters. The Hall–Kier alpha value is -4.83. The van der Waals surface area contributed by atoms with Crippen molar-refractivity contribution < 1.29 is 33.2 Å². The van der Waals surface area contributed by atoms with E-state index in [1.807, 2.05) is 0 Å². The lowest BCUT2D eigenvalue weighted by Crippen LogP contribution is -2.08. The minimum Gasteiger partial charge on any atom is -0.496 e. The molecule has 14 heteroatoms. The first kappa shape index (κ1) is 58.3. The Labute approximate surface area is 488 Å². The minimum atomic E-state index is 0.281. The number of methoxy groups -OCH3 is 7. The molecule has 0 spiro atoms. The van der Waals surface area contributed by atoms with Crippen LogP contribution in [0.1, 0.15) is 117 Å². The lowest BCUT2D eigenvalue weighted by atomic mass is 9.88. The number of rotatable bonds is 14. The van der Waals surface area contributed by atoms with Crippen molar-refractivity contribution in [2.75, 3.05) is 49.8 Å². The van der Waals surface area contributed by atoms with Crippen LogP contribution in [0.3, 0.4) is 0 Å². The molecule has 7 nitrogen and oxygen atoms in total. The number of alkyl halides is 7. The van der Waals surface area contributed by atoms with Gasteiger partial charge in [0.1, 0.15) is 40.2 Å². The summed E-state index contributed by atoms with van der Waals surface area (Å²) in [7, 11) is 11.9. The zero-order valence-electron chi connectivity index (χ0n) is 44.5. The smallest absolute Gasteiger partial charge is 0.125 e. The molecule has 0 N–H and O–H groups in total. The van der Waals surface area contributed by atoms with Gasteiger partial charge in [-0.1, -0.05) is 84.9 Å². The summed E-state index contributed by atoms with van der Waals surface area (Å²) in [6, 6.07) is 29.5. The summed E-state index contributed by atoms with van der Waals surface area (Å²) in [5.41, 5.74) is 19.6. The van der Waals surface area contributed by atoms with Gasteiger partial charge in [0.05, 0.1) is 49.8 Å². The van der Waals surface area contributed by atoms with E-state index in [4.69, 9.17) is 114 Å². The second-order valence-corrected chi connectivity index (χ2v) is 21.2. The van der Waals surface area contributed by atoms with Gasteiger partial charge in [-0.3, -0.25) is 0 Å². The van der Waals surface area contributed by atoms with Gasteiger partial charge in [-0.05, 0) is 117 Å². The summed E-state index contributed by atoms with van der Waals surface area (Å²) in [4.78, 5) is 0. The van der Waals surface area contributed by atoms with Crippen LogP contribution in [0.25, 0.3) is 0 Å². The highest BCUT2D eigenvalue weighted by Gasteiger charge is 2.26. The normalized spacial score (nSPS) is 12.5. The lowest BCUT2D eigenvalue weighted by Gasteiger charge is -2.23. The molecule has 0 atom stereocenters. The van der Waals surface area contributed by atoms with Gasteiger partial charge in [0.25, 0.3) is 0 Å². The molecule has 0 fully saturated rings. The number of hydrogen-bond acceptors (Lipinski definition) is 7. The van der Waals surface area contributed by atoms with E-state index in [0.717, 1.165) is 157 Å².